The van der Waals surface area contributed by atoms with Crippen molar-refractivity contribution in [2.24, 2.45) is 4.99 Å². The molecule has 0 amide bonds. The first-order valence-electron chi connectivity index (χ1n) is 6.70. The van der Waals surface area contributed by atoms with Crippen LogP contribution in [-0.2, 0) is 6.54 Å². The van der Waals surface area contributed by atoms with E-state index < -0.39 is 5.60 Å². The van der Waals surface area contributed by atoms with Gasteiger partial charge in [0.25, 0.3) is 0 Å². The van der Waals surface area contributed by atoms with Crippen LogP contribution in [0.5, 0.6) is 0 Å². The molecule has 1 saturated heterocycles. The summed E-state index contributed by atoms with van der Waals surface area (Å²) in [5, 5.41) is 20.6. The first kappa shape index (κ1) is 15.2. The van der Waals surface area contributed by atoms with Gasteiger partial charge in [-0.05, 0) is 26.0 Å². The Morgan fingerprint density at radius 2 is 2.30 bits per heavy atom. The number of aromatic nitrogens is 1. The van der Waals surface area contributed by atoms with Crippen molar-refractivity contribution in [1.29, 1.82) is 0 Å². The molecule has 3 N–H and O–H groups in total. The molecule has 112 valence electrons. The van der Waals surface area contributed by atoms with Gasteiger partial charge < -0.3 is 20.3 Å². The van der Waals surface area contributed by atoms with Gasteiger partial charge in [-0.15, -0.1) is 0 Å². The molecule has 1 atom stereocenters. The highest BCUT2D eigenvalue weighted by Gasteiger charge is 2.31. The van der Waals surface area contributed by atoms with Crippen molar-refractivity contribution in [3.05, 3.63) is 17.0 Å². The monoisotopic (exact) mass is 298 g/mol. The Morgan fingerprint density at radius 3 is 2.85 bits per heavy atom. The number of guanidine groups is 1. The molecule has 0 saturated carbocycles. The minimum Gasteiger partial charge on any atom is -0.387 e. The fourth-order valence-electron chi connectivity index (χ4n) is 2.13. The summed E-state index contributed by atoms with van der Waals surface area (Å²) in [4.78, 5) is 4.16. The zero-order chi connectivity index (χ0) is 14.6. The van der Waals surface area contributed by atoms with Gasteiger partial charge in [-0.1, -0.05) is 5.16 Å². The Hall–Kier alpha value is -1.21. The van der Waals surface area contributed by atoms with Crippen molar-refractivity contribution in [2.75, 3.05) is 25.1 Å². The highest BCUT2D eigenvalue weighted by Crippen LogP contribution is 2.26. The lowest BCUT2D eigenvalue weighted by Gasteiger charge is -2.23. The molecule has 0 aromatic carbocycles. The number of hydrogen-bond donors (Lipinski definition) is 3. The summed E-state index contributed by atoms with van der Waals surface area (Å²) in [5.74, 6) is 3.29. The fraction of sp³-hybridized carbons (Fsp3) is 0.692. The number of thioether (sulfide) groups is 1. The standard InChI is InChI=1S/C13H22N4O2S/c1-9-11(10(2)19-17-9)6-15-12(14-3)16-7-13(18)4-5-20-8-13/h18H,4-8H2,1-3H3,(H2,14,15,16). The van der Waals surface area contributed by atoms with Crippen LogP contribution in [0, 0.1) is 13.8 Å². The first-order chi connectivity index (χ1) is 9.54. The van der Waals surface area contributed by atoms with Crippen molar-refractivity contribution in [1.82, 2.24) is 15.8 Å². The molecule has 1 fully saturated rings. The van der Waals surface area contributed by atoms with Gasteiger partial charge in [0.2, 0.25) is 0 Å². The molecule has 0 radical (unpaired) electrons. The Balaban J connectivity index is 1.84. The number of nitrogens with zero attached hydrogens (tertiary/aromatic N) is 2. The van der Waals surface area contributed by atoms with Crippen molar-refractivity contribution in [2.45, 2.75) is 32.4 Å². The van der Waals surface area contributed by atoms with E-state index in [9.17, 15) is 5.11 Å². The maximum Gasteiger partial charge on any atom is 0.191 e. The molecule has 6 nitrogen and oxygen atoms in total. The lowest BCUT2D eigenvalue weighted by atomic mass is 10.0. The summed E-state index contributed by atoms with van der Waals surface area (Å²) in [6, 6.07) is 0. The van der Waals surface area contributed by atoms with Crippen molar-refractivity contribution in [3.8, 4) is 0 Å². The highest BCUT2D eigenvalue weighted by atomic mass is 32.2. The van der Waals surface area contributed by atoms with Crippen LogP contribution in [0.3, 0.4) is 0 Å². The molecule has 0 aliphatic carbocycles. The Labute approximate surface area is 123 Å². The normalized spacial score (nSPS) is 23.1. The van der Waals surface area contributed by atoms with E-state index in [0.717, 1.165) is 34.9 Å². The lowest BCUT2D eigenvalue weighted by Crippen LogP contribution is -2.47. The number of aryl methyl sites for hydroxylation is 2. The third kappa shape index (κ3) is 3.67. The van der Waals surface area contributed by atoms with Crippen LogP contribution < -0.4 is 10.6 Å². The number of hydrogen-bond acceptors (Lipinski definition) is 5. The van der Waals surface area contributed by atoms with Crippen molar-refractivity contribution in [3.63, 3.8) is 0 Å². The molecule has 1 aliphatic heterocycles. The summed E-state index contributed by atoms with van der Waals surface area (Å²) in [7, 11) is 1.72. The van der Waals surface area contributed by atoms with Crippen LogP contribution in [0.15, 0.2) is 9.52 Å². The van der Waals surface area contributed by atoms with Crippen LogP contribution >= 0.6 is 11.8 Å². The van der Waals surface area contributed by atoms with Crippen LogP contribution in [0.25, 0.3) is 0 Å². The lowest BCUT2D eigenvalue weighted by molar-refractivity contribution is 0.0724. The van der Waals surface area contributed by atoms with E-state index in [1.54, 1.807) is 18.8 Å². The van der Waals surface area contributed by atoms with Crippen LogP contribution in [0.1, 0.15) is 23.4 Å². The third-order valence-electron chi connectivity index (χ3n) is 3.50. The van der Waals surface area contributed by atoms with Crippen molar-refractivity contribution >= 4 is 17.7 Å². The van der Waals surface area contributed by atoms with E-state index in [4.69, 9.17) is 4.52 Å². The van der Waals surface area contributed by atoms with Gasteiger partial charge in [-0.25, -0.2) is 0 Å². The third-order valence-corrected chi connectivity index (χ3v) is 4.74. The molecule has 0 bridgehead atoms. The summed E-state index contributed by atoms with van der Waals surface area (Å²) >= 11 is 1.78. The average Bonchev–Trinajstić information content (AvgIpc) is 2.99. The van der Waals surface area contributed by atoms with Gasteiger partial charge in [-0.2, -0.15) is 11.8 Å². The average molecular weight is 298 g/mol. The van der Waals surface area contributed by atoms with Crippen LogP contribution in [-0.4, -0.2) is 46.9 Å². The van der Waals surface area contributed by atoms with E-state index in [1.165, 1.54) is 0 Å². The SMILES string of the molecule is CN=C(NCc1c(C)noc1C)NCC1(O)CCSC1. The quantitative estimate of drug-likeness (QED) is 0.564. The minimum absolute atomic E-state index is 0.515. The molecule has 2 rings (SSSR count). The Morgan fingerprint density at radius 1 is 1.50 bits per heavy atom. The summed E-state index contributed by atoms with van der Waals surface area (Å²) in [6.45, 7) is 4.93. The summed E-state index contributed by atoms with van der Waals surface area (Å²) in [5.41, 5.74) is 1.31. The predicted octanol–water partition coefficient (Wildman–Crippen LogP) is 0.824. The molecule has 0 spiro atoms. The van der Waals surface area contributed by atoms with Gasteiger partial charge in [0.1, 0.15) is 5.76 Å². The molecule has 1 aromatic heterocycles. The molecule has 7 heteroatoms. The van der Waals surface area contributed by atoms with E-state index in [-0.39, 0.29) is 0 Å². The molecule has 20 heavy (non-hydrogen) atoms. The molecular formula is C13H22N4O2S. The maximum absolute atomic E-state index is 10.3. The smallest absolute Gasteiger partial charge is 0.191 e. The highest BCUT2D eigenvalue weighted by molar-refractivity contribution is 7.99. The van der Waals surface area contributed by atoms with Gasteiger partial charge in [0.15, 0.2) is 5.96 Å². The second-order valence-corrected chi connectivity index (χ2v) is 6.21. The predicted molar refractivity (Wildman–Crippen MR) is 81.1 cm³/mol. The largest absolute Gasteiger partial charge is 0.387 e. The second-order valence-electron chi connectivity index (χ2n) is 5.11. The molecular weight excluding hydrogens is 276 g/mol. The number of rotatable bonds is 4. The minimum atomic E-state index is -0.620. The zero-order valence-corrected chi connectivity index (χ0v) is 13.0. The molecule has 2 heterocycles. The fourth-order valence-corrected chi connectivity index (χ4v) is 3.43. The molecule has 1 aromatic rings. The van der Waals surface area contributed by atoms with Gasteiger partial charge in [0, 0.05) is 31.5 Å². The van der Waals surface area contributed by atoms with E-state index >= 15 is 0 Å². The topological polar surface area (TPSA) is 82.7 Å². The first-order valence-corrected chi connectivity index (χ1v) is 7.86. The van der Waals surface area contributed by atoms with Gasteiger partial charge >= 0.3 is 0 Å². The van der Waals surface area contributed by atoms with E-state index in [0.29, 0.717) is 19.0 Å². The number of aliphatic hydroxyl groups is 1. The van der Waals surface area contributed by atoms with E-state index in [1.807, 2.05) is 13.8 Å². The summed E-state index contributed by atoms with van der Waals surface area (Å²) < 4.78 is 5.13. The maximum atomic E-state index is 10.3. The Kier molecular flexibility index (Phi) is 4.93. The van der Waals surface area contributed by atoms with Gasteiger partial charge in [0.05, 0.1) is 11.3 Å². The number of nitrogens with one attached hydrogen (secondary N) is 2. The van der Waals surface area contributed by atoms with Crippen molar-refractivity contribution < 1.29 is 9.63 Å². The van der Waals surface area contributed by atoms with Gasteiger partial charge in [-0.3, -0.25) is 4.99 Å². The van der Waals surface area contributed by atoms with Crippen LogP contribution in [0.4, 0.5) is 0 Å². The molecule has 1 unspecified atom stereocenters. The summed E-state index contributed by atoms with van der Waals surface area (Å²) in [6.07, 6.45) is 0.825. The number of aliphatic imine (C=N–C) groups is 1. The molecule has 1 aliphatic rings. The van der Waals surface area contributed by atoms with E-state index in [2.05, 4.69) is 20.8 Å². The Bertz CT molecular complexity index is 461. The zero-order valence-electron chi connectivity index (χ0n) is 12.2. The van der Waals surface area contributed by atoms with Crippen LogP contribution in [0.2, 0.25) is 0 Å². The second kappa shape index (κ2) is 6.49.